The lowest BCUT2D eigenvalue weighted by atomic mass is 10.1. The summed E-state index contributed by atoms with van der Waals surface area (Å²) in [5, 5.41) is 0. The van der Waals surface area contributed by atoms with E-state index in [4.69, 9.17) is 11.6 Å². The monoisotopic (exact) mass is 239 g/mol. The molecule has 0 aromatic heterocycles. The van der Waals surface area contributed by atoms with Gasteiger partial charge in [-0.15, -0.1) is 11.6 Å². The number of carbonyl (C=O) groups is 1. The van der Waals surface area contributed by atoms with Crippen LogP contribution in [0.4, 0.5) is 8.78 Å². The third-order valence-electron chi connectivity index (χ3n) is 2.74. The van der Waals surface area contributed by atoms with Gasteiger partial charge in [-0.25, -0.2) is 8.78 Å². The summed E-state index contributed by atoms with van der Waals surface area (Å²) in [4.78, 5) is 13.0. The van der Waals surface area contributed by atoms with E-state index in [1.54, 1.807) is 0 Å². The first-order valence-electron chi connectivity index (χ1n) is 5.19. The van der Waals surface area contributed by atoms with Crippen molar-refractivity contribution in [3.8, 4) is 0 Å². The van der Waals surface area contributed by atoms with Crippen molar-refractivity contribution >= 4 is 17.5 Å². The molecule has 0 aromatic rings. The van der Waals surface area contributed by atoms with Crippen molar-refractivity contribution in [2.75, 3.05) is 19.0 Å². The van der Waals surface area contributed by atoms with Gasteiger partial charge in [-0.2, -0.15) is 0 Å². The maximum Gasteiger partial charge on any atom is 0.255 e. The zero-order valence-electron chi connectivity index (χ0n) is 8.76. The normalized spacial score (nSPS) is 17.9. The molecule has 0 N–H and O–H groups in total. The van der Waals surface area contributed by atoms with Gasteiger partial charge < -0.3 is 4.90 Å². The highest BCUT2D eigenvalue weighted by molar-refractivity contribution is 6.18. The van der Waals surface area contributed by atoms with Gasteiger partial charge in [0.05, 0.1) is 6.54 Å². The van der Waals surface area contributed by atoms with E-state index in [0.717, 1.165) is 12.8 Å². The molecule has 1 aliphatic rings. The average molecular weight is 240 g/mol. The van der Waals surface area contributed by atoms with E-state index in [9.17, 15) is 13.6 Å². The zero-order valence-corrected chi connectivity index (χ0v) is 9.51. The van der Waals surface area contributed by atoms with E-state index in [0.29, 0.717) is 5.92 Å². The predicted molar refractivity (Wildman–Crippen MR) is 55.2 cm³/mol. The molecule has 0 heterocycles. The number of carbonyl (C=O) groups excluding carboxylic acids is 1. The van der Waals surface area contributed by atoms with Gasteiger partial charge in [0.15, 0.2) is 0 Å². The second-order valence-electron chi connectivity index (χ2n) is 3.99. The van der Waals surface area contributed by atoms with Crippen LogP contribution in [0.1, 0.15) is 19.8 Å². The first-order chi connectivity index (χ1) is 7.06. The molecule has 1 fully saturated rings. The summed E-state index contributed by atoms with van der Waals surface area (Å²) in [5.74, 6) is 0.286. The first-order valence-corrected chi connectivity index (χ1v) is 5.72. The fraction of sp³-hybridized carbons (Fsp3) is 0.900. The van der Waals surface area contributed by atoms with Crippen LogP contribution in [0, 0.1) is 11.8 Å². The molecule has 0 spiro atoms. The number of nitrogens with zero attached hydrogens (tertiary/aromatic N) is 1. The molecule has 0 bridgehead atoms. The molecule has 0 aliphatic heterocycles. The Morgan fingerprint density at radius 3 is 2.53 bits per heavy atom. The molecule has 1 saturated carbocycles. The molecular formula is C10H16ClF2NO. The van der Waals surface area contributed by atoms with Crippen LogP contribution in [-0.2, 0) is 4.79 Å². The molecule has 88 valence electrons. The summed E-state index contributed by atoms with van der Waals surface area (Å²) in [6.07, 6.45) is -0.407. The van der Waals surface area contributed by atoms with E-state index in [2.05, 4.69) is 0 Å². The van der Waals surface area contributed by atoms with Gasteiger partial charge in [0.2, 0.25) is 5.91 Å². The van der Waals surface area contributed by atoms with Crippen LogP contribution in [0.5, 0.6) is 0 Å². The molecule has 1 aliphatic carbocycles. The topological polar surface area (TPSA) is 20.3 Å². The van der Waals surface area contributed by atoms with E-state index < -0.39 is 13.0 Å². The number of halogens is 3. The van der Waals surface area contributed by atoms with Crippen LogP contribution < -0.4 is 0 Å². The maximum absolute atomic E-state index is 12.2. The van der Waals surface area contributed by atoms with E-state index >= 15 is 0 Å². The molecule has 0 aromatic carbocycles. The number of hydrogen-bond acceptors (Lipinski definition) is 1. The molecule has 1 rings (SSSR count). The van der Waals surface area contributed by atoms with Crippen molar-refractivity contribution in [1.82, 2.24) is 4.90 Å². The van der Waals surface area contributed by atoms with Crippen LogP contribution in [0.3, 0.4) is 0 Å². The molecule has 15 heavy (non-hydrogen) atoms. The highest BCUT2D eigenvalue weighted by atomic mass is 35.5. The van der Waals surface area contributed by atoms with Crippen molar-refractivity contribution in [2.24, 2.45) is 11.8 Å². The van der Waals surface area contributed by atoms with E-state index in [1.165, 1.54) is 4.90 Å². The molecule has 5 heteroatoms. The van der Waals surface area contributed by atoms with Crippen LogP contribution in [0.15, 0.2) is 0 Å². The summed E-state index contributed by atoms with van der Waals surface area (Å²) >= 11 is 5.48. The molecule has 1 amide bonds. The number of rotatable bonds is 6. The van der Waals surface area contributed by atoms with Gasteiger partial charge in [-0.3, -0.25) is 4.79 Å². The predicted octanol–water partition coefficient (Wildman–Crippen LogP) is 2.37. The van der Waals surface area contributed by atoms with Gasteiger partial charge in [0.1, 0.15) is 0 Å². The fourth-order valence-corrected chi connectivity index (χ4v) is 1.85. The Kier molecular flexibility index (Phi) is 4.77. The van der Waals surface area contributed by atoms with Crippen molar-refractivity contribution in [3.05, 3.63) is 0 Å². The van der Waals surface area contributed by atoms with Crippen LogP contribution in [-0.4, -0.2) is 36.2 Å². The van der Waals surface area contributed by atoms with Crippen molar-refractivity contribution < 1.29 is 13.6 Å². The third-order valence-corrected chi connectivity index (χ3v) is 2.91. The summed E-state index contributed by atoms with van der Waals surface area (Å²) in [6, 6.07) is 0. The highest BCUT2D eigenvalue weighted by Gasteiger charge is 2.35. The maximum atomic E-state index is 12.2. The summed E-state index contributed by atoms with van der Waals surface area (Å²) < 4.78 is 24.4. The average Bonchev–Trinajstić information content (AvgIpc) is 2.97. The van der Waals surface area contributed by atoms with Gasteiger partial charge >= 0.3 is 0 Å². The SMILES string of the molecule is CC(C(=O)N(CCCl)CC(F)F)C1CC1. The molecular weight excluding hydrogens is 224 g/mol. The Hall–Kier alpha value is -0.380. The van der Waals surface area contributed by atoms with Gasteiger partial charge in [-0.05, 0) is 18.8 Å². The minimum atomic E-state index is -2.48. The summed E-state index contributed by atoms with van der Waals surface area (Å²) in [7, 11) is 0. The molecule has 0 saturated heterocycles. The lowest BCUT2D eigenvalue weighted by molar-refractivity contribution is -0.137. The number of amides is 1. The Morgan fingerprint density at radius 1 is 1.53 bits per heavy atom. The van der Waals surface area contributed by atoms with Crippen LogP contribution in [0.25, 0.3) is 0 Å². The quantitative estimate of drug-likeness (QED) is 0.652. The second-order valence-corrected chi connectivity index (χ2v) is 4.37. The molecule has 2 nitrogen and oxygen atoms in total. The van der Waals surface area contributed by atoms with E-state index in [1.807, 2.05) is 6.92 Å². The smallest absolute Gasteiger partial charge is 0.255 e. The number of alkyl halides is 3. The van der Waals surface area contributed by atoms with Crippen LogP contribution >= 0.6 is 11.6 Å². The van der Waals surface area contributed by atoms with Crippen molar-refractivity contribution in [3.63, 3.8) is 0 Å². The molecule has 0 radical (unpaired) electrons. The minimum absolute atomic E-state index is 0.132. The Morgan fingerprint density at radius 2 is 2.13 bits per heavy atom. The lowest BCUT2D eigenvalue weighted by Crippen LogP contribution is -2.40. The lowest BCUT2D eigenvalue weighted by Gasteiger charge is -2.24. The van der Waals surface area contributed by atoms with Crippen molar-refractivity contribution in [2.45, 2.75) is 26.2 Å². The second kappa shape index (κ2) is 5.64. The molecule has 1 atom stereocenters. The Bertz CT molecular complexity index is 221. The number of hydrogen-bond donors (Lipinski definition) is 0. The molecule has 1 unspecified atom stereocenters. The Balaban J connectivity index is 2.48. The third kappa shape index (κ3) is 3.93. The fourth-order valence-electron chi connectivity index (χ4n) is 1.65. The van der Waals surface area contributed by atoms with Gasteiger partial charge in [0, 0.05) is 18.3 Å². The standard InChI is InChI=1S/C10H16ClF2NO/c1-7(8-2-3-8)10(15)14(5-4-11)6-9(12)13/h7-9H,2-6H2,1H3. The highest BCUT2D eigenvalue weighted by Crippen LogP contribution is 2.37. The van der Waals surface area contributed by atoms with Crippen molar-refractivity contribution in [1.29, 1.82) is 0 Å². The summed E-state index contributed by atoms with van der Waals surface area (Å²) in [5.41, 5.74) is 0. The van der Waals surface area contributed by atoms with Gasteiger partial charge in [-0.1, -0.05) is 6.92 Å². The largest absolute Gasteiger partial charge is 0.336 e. The van der Waals surface area contributed by atoms with Gasteiger partial charge in [0.25, 0.3) is 6.43 Å². The van der Waals surface area contributed by atoms with Crippen LogP contribution in [0.2, 0.25) is 0 Å². The first kappa shape index (κ1) is 12.7. The Labute approximate surface area is 93.6 Å². The minimum Gasteiger partial charge on any atom is -0.336 e. The van der Waals surface area contributed by atoms with E-state index in [-0.39, 0.29) is 24.2 Å². The zero-order chi connectivity index (χ0) is 11.4. The summed E-state index contributed by atoms with van der Waals surface area (Å²) in [6.45, 7) is 1.52.